The van der Waals surface area contributed by atoms with Crippen molar-refractivity contribution in [3.05, 3.63) is 22.6 Å². The Balaban J connectivity index is 2.55. The van der Waals surface area contributed by atoms with E-state index in [4.69, 9.17) is 9.84 Å². The van der Waals surface area contributed by atoms with Crippen LogP contribution in [0, 0.1) is 10.1 Å². The molecule has 0 aliphatic carbocycles. The van der Waals surface area contributed by atoms with E-state index in [9.17, 15) is 19.7 Å². The number of methoxy groups -OCH3 is 1. The number of hydrogen-bond acceptors (Lipinski definition) is 6. The zero-order chi connectivity index (χ0) is 15.8. The number of aromatic nitrogens is 2. The standard InChI is InChI=1S/C11H16N4O6/c1-21-5-4-14(7-11(17)18)10(16)2-3-13-6-9(12-8-13)15(19)20/h6,8H,2-5,7H2,1H3,(H,17,18). The van der Waals surface area contributed by atoms with Crippen LogP contribution in [0.15, 0.2) is 12.5 Å². The van der Waals surface area contributed by atoms with Crippen molar-refractivity contribution >= 4 is 17.7 Å². The highest BCUT2D eigenvalue weighted by Gasteiger charge is 2.17. The van der Waals surface area contributed by atoms with E-state index in [0.717, 1.165) is 4.90 Å². The first-order valence-electron chi connectivity index (χ1n) is 6.08. The van der Waals surface area contributed by atoms with Crippen LogP contribution >= 0.6 is 0 Å². The van der Waals surface area contributed by atoms with E-state index in [1.807, 2.05) is 0 Å². The molecule has 10 heteroatoms. The summed E-state index contributed by atoms with van der Waals surface area (Å²) in [5, 5.41) is 19.2. The summed E-state index contributed by atoms with van der Waals surface area (Å²) >= 11 is 0. The van der Waals surface area contributed by atoms with Crippen molar-refractivity contribution in [2.45, 2.75) is 13.0 Å². The van der Waals surface area contributed by atoms with E-state index >= 15 is 0 Å². The second-order valence-electron chi connectivity index (χ2n) is 4.18. The third-order valence-corrected chi connectivity index (χ3v) is 2.63. The lowest BCUT2D eigenvalue weighted by Gasteiger charge is -2.20. The predicted octanol–water partition coefficient (Wildman–Crippen LogP) is -0.259. The number of amides is 1. The minimum atomic E-state index is -1.11. The first-order valence-corrected chi connectivity index (χ1v) is 6.08. The molecule has 1 rings (SSSR count). The van der Waals surface area contributed by atoms with E-state index in [1.54, 1.807) is 0 Å². The lowest BCUT2D eigenvalue weighted by molar-refractivity contribution is -0.389. The molecular weight excluding hydrogens is 284 g/mol. The molecule has 0 spiro atoms. The molecule has 1 heterocycles. The number of aliphatic carboxylic acids is 1. The number of carboxylic acid groups (broad SMARTS) is 1. The van der Waals surface area contributed by atoms with Crippen molar-refractivity contribution in [1.82, 2.24) is 14.5 Å². The Hall–Kier alpha value is -2.49. The van der Waals surface area contributed by atoms with Gasteiger partial charge in [0, 0.05) is 26.6 Å². The number of imidazole rings is 1. The lowest BCUT2D eigenvalue weighted by atomic mass is 10.3. The Morgan fingerprint density at radius 2 is 2.29 bits per heavy atom. The molecule has 21 heavy (non-hydrogen) atoms. The average molecular weight is 300 g/mol. The Kier molecular flexibility index (Phi) is 6.27. The van der Waals surface area contributed by atoms with E-state index in [2.05, 4.69) is 4.98 Å². The maximum Gasteiger partial charge on any atom is 0.381 e. The summed E-state index contributed by atoms with van der Waals surface area (Å²) in [6.45, 7) is 0.177. The van der Waals surface area contributed by atoms with Crippen molar-refractivity contribution in [1.29, 1.82) is 0 Å². The molecule has 1 amide bonds. The third kappa shape index (κ3) is 5.57. The van der Waals surface area contributed by atoms with Gasteiger partial charge in [-0.3, -0.25) is 9.59 Å². The van der Waals surface area contributed by atoms with E-state index in [1.165, 1.54) is 24.2 Å². The van der Waals surface area contributed by atoms with Gasteiger partial charge >= 0.3 is 11.8 Å². The molecule has 0 aromatic carbocycles. The van der Waals surface area contributed by atoms with Crippen LogP contribution in [-0.2, 0) is 20.9 Å². The number of carboxylic acids is 1. The molecule has 0 saturated heterocycles. The third-order valence-electron chi connectivity index (χ3n) is 2.63. The summed E-state index contributed by atoms with van der Waals surface area (Å²) in [7, 11) is 1.45. The minimum Gasteiger partial charge on any atom is -0.480 e. The topological polar surface area (TPSA) is 128 Å². The molecule has 0 aliphatic rings. The second-order valence-corrected chi connectivity index (χ2v) is 4.18. The summed E-state index contributed by atoms with van der Waals surface area (Å²) < 4.78 is 6.23. The van der Waals surface area contributed by atoms with Gasteiger partial charge in [0.05, 0.1) is 6.61 Å². The summed E-state index contributed by atoms with van der Waals surface area (Å²) in [6, 6.07) is 0. The molecule has 1 N–H and O–H groups in total. The van der Waals surface area contributed by atoms with Crippen LogP contribution in [0.3, 0.4) is 0 Å². The highest BCUT2D eigenvalue weighted by atomic mass is 16.6. The van der Waals surface area contributed by atoms with E-state index < -0.39 is 17.4 Å². The lowest BCUT2D eigenvalue weighted by Crippen LogP contribution is -2.38. The number of carbonyl (C=O) groups excluding carboxylic acids is 1. The summed E-state index contributed by atoms with van der Waals surface area (Å²) in [6.07, 6.45) is 2.48. The molecule has 0 saturated carbocycles. The van der Waals surface area contributed by atoms with E-state index in [0.29, 0.717) is 0 Å². The number of ether oxygens (including phenoxy) is 1. The highest BCUT2D eigenvalue weighted by Crippen LogP contribution is 2.07. The fourth-order valence-corrected chi connectivity index (χ4v) is 1.60. The maximum atomic E-state index is 11.9. The van der Waals surface area contributed by atoms with Crippen LogP contribution in [0.4, 0.5) is 5.82 Å². The number of nitro groups is 1. The van der Waals surface area contributed by atoms with Crippen molar-refractivity contribution in [2.75, 3.05) is 26.8 Å². The van der Waals surface area contributed by atoms with Crippen LogP contribution in [0.1, 0.15) is 6.42 Å². The smallest absolute Gasteiger partial charge is 0.381 e. The van der Waals surface area contributed by atoms with Crippen molar-refractivity contribution in [3.63, 3.8) is 0 Å². The van der Waals surface area contributed by atoms with Crippen LogP contribution < -0.4 is 0 Å². The molecular formula is C11H16N4O6. The Morgan fingerprint density at radius 3 is 2.81 bits per heavy atom. The molecule has 10 nitrogen and oxygen atoms in total. The molecule has 0 atom stereocenters. The molecule has 0 radical (unpaired) electrons. The molecule has 1 aromatic heterocycles. The van der Waals surface area contributed by atoms with Crippen molar-refractivity contribution < 1.29 is 24.4 Å². The van der Waals surface area contributed by atoms with Crippen LogP contribution in [0.5, 0.6) is 0 Å². The van der Waals surface area contributed by atoms with Gasteiger partial charge in [0.15, 0.2) is 0 Å². The van der Waals surface area contributed by atoms with Crippen LogP contribution in [0.25, 0.3) is 0 Å². The van der Waals surface area contributed by atoms with Gasteiger partial charge in [-0.1, -0.05) is 0 Å². The molecule has 0 unspecified atom stereocenters. The summed E-state index contributed by atoms with van der Waals surface area (Å²) in [4.78, 5) is 37.2. The second kappa shape index (κ2) is 7.94. The Labute approximate surface area is 120 Å². The van der Waals surface area contributed by atoms with Gasteiger partial charge in [-0.25, -0.2) is 0 Å². The van der Waals surface area contributed by atoms with Gasteiger partial charge in [0.1, 0.15) is 12.7 Å². The van der Waals surface area contributed by atoms with Gasteiger partial charge in [0.2, 0.25) is 12.2 Å². The van der Waals surface area contributed by atoms with Gasteiger partial charge in [-0.15, -0.1) is 0 Å². The molecule has 0 aliphatic heterocycles. The molecule has 1 aromatic rings. The van der Waals surface area contributed by atoms with Crippen LogP contribution in [-0.4, -0.2) is 63.2 Å². The zero-order valence-electron chi connectivity index (χ0n) is 11.5. The number of hydrogen-bond donors (Lipinski definition) is 1. The molecule has 0 bridgehead atoms. The first kappa shape index (κ1) is 16.6. The van der Waals surface area contributed by atoms with E-state index in [-0.39, 0.29) is 37.8 Å². The molecule has 0 fully saturated rings. The number of rotatable bonds is 9. The van der Waals surface area contributed by atoms with Gasteiger partial charge in [-0.2, -0.15) is 0 Å². The normalized spacial score (nSPS) is 10.3. The highest BCUT2D eigenvalue weighted by molar-refractivity contribution is 5.81. The number of aryl methyl sites for hydroxylation is 1. The van der Waals surface area contributed by atoms with Crippen LogP contribution in [0.2, 0.25) is 0 Å². The zero-order valence-corrected chi connectivity index (χ0v) is 11.5. The van der Waals surface area contributed by atoms with Gasteiger partial charge in [0.25, 0.3) is 0 Å². The van der Waals surface area contributed by atoms with Crippen molar-refractivity contribution in [2.24, 2.45) is 0 Å². The fourth-order valence-electron chi connectivity index (χ4n) is 1.60. The summed E-state index contributed by atoms with van der Waals surface area (Å²) in [5.41, 5.74) is 0. The van der Waals surface area contributed by atoms with Gasteiger partial charge in [-0.05, 0) is 9.91 Å². The Bertz CT molecular complexity index is 515. The number of carbonyl (C=O) groups is 2. The SMILES string of the molecule is COCCN(CC(=O)O)C(=O)CCn1cnc([N+](=O)[O-])c1. The fraction of sp³-hybridized carbons (Fsp3) is 0.545. The van der Waals surface area contributed by atoms with Crippen molar-refractivity contribution in [3.8, 4) is 0 Å². The number of nitrogens with zero attached hydrogens (tertiary/aromatic N) is 4. The minimum absolute atomic E-state index is 0.0184. The average Bonchev–Trinajstić information content (AvgIpc) is 2.89. The monoisotopic (exact) mass is 300 g/mol. The largest absolute Gasteiger partial charge is 0.480 e. The quantitative estimate of drug-likeness (QED) is 0.491. The first-order chi connectivity index (χ1) is 9.93. The maximum absolute atomic E-state index is 11.9. The molecule has 116 valence electrons. The predicted molar refractivity (Wildman–Crippen MR) is 69.6 cm³/mol. The summed E-state index contributed by atoms with van der Waals surface area (Å²) in [5.74, 6) is -1.78. The Morgan fingerprint density at radius 1 is 1.57 bits per heavy atom. The van der Waals surface area contributed by atoms with Gasteiger partial charge < -0.3 is 29.4 Å².